The summed E-state index contributed by atoms with van der Waals surface area (Å²) in [6.07, 6.45) is 0. The van der Waals surface area contributed by atoms with Crippen molar-refractivity contribution in [1.82, 2.24) is 9.21 Å². The van der Waals surface area contributed by atoms with Crippen molar-refractivity contribution < 1.29 is 27.4 Å². The average molecular weight is 499 g/mol. The van der Waals surface area contributed by atoms with Crippen LogP contribution in [0.1, 0.15) is 10.4 Å². The topological polar surface area (TPSA) is 85.4 Å². The highest BCUT2D eigenvalue weighted by Gasteiger charge is 2.32. The van der Waals surface area contributed by atoms with Gasteiger partial charge in [0.25, 0.3) is 5.91 Å². The zero-order valence-electron chi connectivity index (χ0n) is 16.9. The van der Waals surface area contributed by atoms with Crippen molar-refractivity contribution in [3.63, 3.8) is 0 Å². The van der Waals surface area contributed by atoms with Gasteiger partial charge >= 0.3 is 0 Å². The molecular weight excluding hydrogens is 476 g/mol. The van der Waals surface area contributed by atoms with E-state index in [0.717, 1.165) is 0 Å². The summed E-state index contributed by atoms with van der Waals surface area (Å²) >= 11 is 3.32. The molecule has 0 saturated carbocycles. The summed E-state index contributed by atoms with van der Waals surface area (Å²) in [5, 5.41) is 0. The predicted molar refractivity (Wildman–Crippen MR) is 115 cm³/mol. The normalized spacial score (nSPS) is 15.0. The minimum absolute atomic E-state index is 0.0905. The van der Waals surface area contributed by atoms with Crippen LogP contribution in [0.25, 0.3) is 0 Å². The van der Waals surface area contributed by atoms with Gasteiger partial charge in [-0.15, -0.1) is 0 Å². The van der Waals surface area contributed by atoms with Gasteiger partial charge in [0.2, 0.25) is 10.0 Å². The first kappa shape index (κ1) is 22.4. The molecule has 0 bridgehead atoms. The minimum Gasteiger partial charge on any atom is -0.497 e. The second kappa shape index (κ2) is 9.23. The van der Waals surface area contributed by atoms with E-state index in [-0.39, 0.29) is 23.9 Å². The molecule has 2 aromatic rings. The molecule has 1 heterocycles. The standard InChI is InChI=1S/C20H23BrN2O6S/c1-27-15-6-4-5-14(11-15)20(24)22-7-9-23(10-8-22)30(25,26)19-13-18(29-3)17(28-2)12-16(19)21/h4-6,11-13H,7-10H2,1-3H3. The Morgan fingerprint density at radius 1 is 0.933 bits per heavy atom. The van der Waals surface area contributed by atoms with E-state index in [1.165, 1.54) is 24.6 Å². The number of sulfonamides is 1. The second-order valence-corrected chi connectivity index (χ2v) is 9.33. The number of carbonyl (C=O) groups is 1. The Morgan fingerprint density at radius 2 is 1.57 bits per heavy atom. The van der Waals surface area contributed by atoms with Crippen molar-refractivity contribution in [1.29, 1.82) is 0 Å². The Labute approximate surface area is 184 Å². The van der Waals surface area contributed by atoms with E-state index >= 15 is 0 Å². The Hall–Kier alpha value is -2.30. The van der Waals surface area contributed by atoms with Crippen LogP contribution in [0.3, 0.4) is 0 Å². The Bertz CT molecular complexity index is 1040. The van der Waals surface area contributed by atoms with Crippen molar-refractivity contribution >= 4 is 31.9 Å². The Morgan fingerprint density at radius 3 is 2.17 bits per heavy atom. The maximum atomic E-state index is 13.2. The summed E-state index contributed by atoms with van der Waals surface area (Å²) in [6.45, 7) is 0.970. The Kier molecular flexibility index (Phi) is 6.89. The number of rotatable bonds is 6. The van der Waals surface area contributed by atoms with Crippen molar-refractivity contribution in [2.45, 2.75) is 4.90 Å². The Balaban J connectivity index is 1.76. The van der Waals surface area contributed by atoms with E-state index in [0.29, 0.717) is 40.4 Å². The van der Waals surface area contributed by atoms with E-state index in [1.807, 2.05) is 0 Å². The molecule has 0 aromatic heterocycles. The number of benzene rings is 2. The number of halogens is 1. The van der Waals surface area contributed by atoms with Crippen LogP contribution in [0.2, 0.25) is 0 Å². The SMILES string of the molecule is COc1cccc(C(=O)N2CCN(S(=O)(=O)c3cc(OC)c(OC)cc3Br)CC2)c1. The summed E-state index contributed by atoms with van der Waals surface area (Å²) < 4.78 is 43.7. The fourth-order valence-electron chi connectivity index (χ4n) is 3.24. The van der Waals surface area contributed by atoms with Gasteiger partial charge in [0.15, 0.2) is 11.5 Å². The van der Waals surface area contributed by atoms with Gasteiger partial charge in [-0.05, 0) is 40.2 Å². The molecule has 162 valence electrons. The molecule has 2 aromatic carbocycles. The van der Waals surface area contributed by atoms with Gasteiger partial charge in [-0.3, -0.25) is 4.79 Å². The summed E-state index contributed by atoms with van der Waals surface area (Å²) in [5.74, 6) is 1.20. The third-order valence-corrected chi connectivity index (χ3v) is 7.76. The molecular formula is C20H23BrN2O6S. The van der Waals surface area contributed by atoms with Gasteiger partial charge in [0.1, 0.15) is 10.6 Å². The van der Waals surface area contributed by atoms with E-state index in [4.69, 9.17) is 14.2 Å². The number of amides is 1. The lowest BCUT2D eigenvalue weighted by Crippen LogP contribution is -2.50. The lowest BCUT2D eigenvalue weighted by Gasteiger charge is -2.34. The maximum Gasteiger partial charge on any atom is 0.254 e. The third-order valence-electron chi connectivity index (χ3n) is 4.90. The average Bonchev–Trinajstić information content (AvgIpc) is 2.78. The molecule has 1 aliphatic rings. The number of hydrogen-bond acceptors (Lipinski definition) is 6. The van der Waals surface area contributed by atoms with Crippen LogP contribution in [-0.2, 0) is 10.0 Å². The molecule has 0 spiro atoms. The van der Waals surface area contributed by atoms with Crippen LogP contribution >= 0.6 is 15.9 Å². The van der Waals surface area contributed by atoms with E-state index in [9.17, 15) is 13.2 Å². The number of piperazine rings is 1. The van der Waals surface area contributed by atoms with Gasteiger partial charge < -0.3 is 19.1 Å². The van der Waals surface area contributed by atoms with Gasteiger partial charge in [0.05, 0.1) is 21.3 Å². The third kappa shape index (κ3) is 4.40. The van der Waals surface area contributed by atoms with Gasteiger partial charge in [0, 0.05) is 42.3 Å². The maximum absolute atomic E-state index is 13.2. The highest BCUT2D eigenvalue weighted by Crippen LogP contribution is 2.36. The molecule has 0 unspecified atom stereocenters. The highest BCUT2D eigenvalue weighted by atomic mass is 79.9. The lowest BCUT2D eigenvalue weighted by atomic mass is 10.1. The largest absolute Gasteiger partial charge is 0.497 e. The first-order valence-corrected chi connectivity index (χ1v) is 11.4. The molecule has 0 N–H and O–H groups in total. The van der Waals surface area contributed by atoms with Crippen LogP contribution in [0.5, 0.6) is 17.2 Å². The quantitative estimate of drug-likeness (QED) is 0.608. The first-order valence-electron chi connectivity index (χ1n) is 9.16. The van der Waals surface area contributed by atoms with Crippen LogP contribution in [0.15, 0.2) is 45.8 Å². The molecule has 0 atom stereocenters. The molecule has 3 rings (SSSR count). The molecule has 1 amide bonds. The van der Waals surface area contributed by atoms with Crippen LogP contribution < -0.4 is 14.2 Å². The number of ether oxygens (including phenoxy) is 3. The highest BCUT2D eigenvalue weighted by molar-refractivity contribution is 9.10. The molecule has 0 aliphatic carbocycles. The lowest BCUT2D eigenvalue weighted by molar-refractivity contribution is 0.0697. The van der Waals surface area contributed by atoms with Crippen LogP contribution in [-0.4, -0.2) is 71.0 Å². The fourth-order valence-corrected chi connectivity index (χ4v) is 5.66. The van der Waals surface area contributed by atoms with Gasteiger partial charge in [-0.2, -0.15) is 4.31 Å². The molecule has 1 fully saturated rings. The minimum atomic E-state index is -3.78. The molecule has 8 nitrogen and oxygen atoms in total. The van der Waals surface area contributed by atoms with Crippen molar-refractivity contribution in [3.05, 3.63) is 46.4 Å². The van der Waals surface area contributed by atoms with Crippen LogP contribution in [0, 0.1) is 0 Å². The summed E-state index contributed by atoms with van der Waals surface area (Å²) in [5.41, 5.74) is 0.508. The molecule has 0 radical (unpaired) electrons. The monoisotopic (exact) mass is 498 g/mol. The molecule has 10 heteroatoms. The molecule has 30 heavy (non-hydrogen) atoms. The predicted octanol–water partition coefficient (Wildman–Crippen LogP) is 2.62. The van der Waals surface area contributed by atoms with Crippen LogP contribution in [0.4, 0.5) is 0 Å². The van der Waals surface area contributed by atoms with E-state index in [1.54, 1.807) is 42.3 Å². The molecule has 1 aliphatic heterocycles. The van der Waals surface area contributed by atoms with Crippen molar-refractivity contribution in [3.8, 4) is 17.2 Å². The number of nitrogens with zero attached hydrogens (tertiary/aromatic N) is 2. The van der Waals surface area contributed by atoms with Gasteiger partial charge in [-0.25, -0.2) is 8.42 Å². The summed E-state index contributed by atoms with van der Waals surface area (Å²) in [6, 6.07) is 9.91. The van der Waals surface area contributed by atoms with Crippen molar-refractivity contribution in [2.24, 2.45) is 0 Å². The number of hydrogen-bond donors (Lipinski definition) is 0. The zero-order valence-corrected chi connectivity index (χ0v) is 19.3. The number of methoxy groups -OCH3 is 3. The van der Waals surface area contributed by atoms with Gasteiger partial charge in [-0.1, -0.05) is 6.07 Å². The first-order chi connectivity index (χ1) is 14.3. The summed E-state index contributed by atoms with van der Waals surface area (Å²) in [7, 11) is 0.692. The second-order valence-electron chi connectivity index (χ2n) is 6.57. The zero-order chi connectivity index (χ0) is 21.9. The summed E-state index contributed by atoms with van der Waals surface area (Å²) in [4.78, 5) is 14.5. The molecule has 1 saturated heterocycles. The number of carbonyl (C=O) groups excluding carboxylic acids is 1. The van der Waals surface area contributed by atoms with E-state index < -0.39 is 10.0 Å². The van der Waals surface area contributed by atoms with E-state index in [2.05, 4.69) is 15.9 Å². The van der Waals surface area contributed by atoms with Crippen molar-refractivity contribution in [2.75, 3.05) is 47.5 Å². The smallest absolute Gasteiger partial charge is 0.254 e. The fraction of sp³-hybridized carbons (Fsp3) is 0.350.